The molecule has 2 unspecified atom stereocenters. The summed E-state index contributed by atoms with van der Waals surface area (Å²) in [5, 5.41) is 14.7. The summed E-state index contributed by atoms with van der Waals surface area (Å²) in [5.74, 6) is 0.0134. The second-order valence-corrected chi connectivity index (χ2v) is 6.55. The molecule has 2 atom stereocenters. The minimum atomic E-state index is -0.0237. The first-order valence-corrected chi connectivity index (χ1v) is 8.27. The van der Waals surface area contributed by atoms with Gasteiger partial charge in [-0.1, -0.05) is 11.6 Å². The number of aryl methyl sites for hydroxylation is 1. The molecule has 0 saturated heterocycles. The quantitative estimate of drug-likeness (QED) is 0.814. The number of aliphatic hydroxyl groups excluding tert-OH is 1. The zero-order chi connectivity index (χ0) is 13.5. The molecule has 0 aromatic carbocycles. The van der Waals surface area contributed by atoms with Gasteiger partial charge in [0.15, 0.2) is 0 Å². The Morgan fingerprint density at radius 2 is 2.39 bits per heavy atom. The van der Waals surface area contributed by atoms with Gasteiger partial charge in [-0.15, -0.1) is 11.3 Å². The van der Waals surface area contributed by atoms with Gasteiger partial charge in [-0.2, -0.15) is 11.8 Å². The van der Waals surface area contributed by atoms with Crippen molar-refractivity contribution in [3.63, 3.8) is 0 Å². The van der Waals surface area contributed by atoms with Crippen LogP contribution in [0.1, 0.15) is 18.2 Å². The molecule has 0 aliphatic rings. The second-order valence-electron chi connectivity index (χ2n) is 4.04. The molecular weight excluding hydrogens is 290 g/mol. The molecule has 1 rings (SSSR count). The number of thioether (sulfide) groups is 1. The number of aliphatic hydroxyl groups is 1. The number of hydrogen-bond acceptors (Lipinski definition) is 4. The molecule has 0 radical (unpaired) electrons. The molecule has 18 heavy (non-hydrogen) atoms. The molecule has 3 nitrogen and oxygen atoms in total. The summed E-state index contributed by atoms with van der Waals surface area (Å²) in [6.45, 7) is 1.99. The molecule has 102 valence electrons. The Labute approximate surface area is 121 Å². The number of nitrogens with one attached hydrogen (secondary N) is 1. The largest absolute Gasteiger partial charge is 0.395 e. The van der Waals surface area contributed by atoms with Gasteiger partial charge in [0.05, 0.1) is 11.6 Å². The highest BCUT2D eigenvalue weighted by Crippen LogP contribution is 2.20. The van der Waals surface area contributed by atoms with E-state index in [2.05, 4.69) is 5.32 Å². The molecular formula is C12H18ClNO2S2. The highest BCUT2D eigenvalue weighted by molar-refractivity contribution is 7.99. The monoisotopic (exact) mass is 307 g/mol. The Hall–Kier alpha value is -0.230. The van der Waals surface area contributed by atoms with Crippen LogP contribution in [0.15, 0.2) is 11.4 Å². The molecule has 0 fully saturated rings. The first-order chi connectivity index (χ1) is 8.56. The van der Waals surface area contributed by atoms with E-state index in [0.717, 1.165) is 9.90 Å². The number of amides is 1. The van der Waals surface area contributed by atoms with Gasteiger partial charge in [0.1, 0.15) is 0 Å². The van der Waals surface area contributed by atoms with E-state index in [1.165, 1.54) is 0 Å². The fourth-order valence-electron chi connectivity index (χ4n) is 1.58. The molecule has 0 bridgehead atoms. The number of carbonyl (C=O) groups excluding carboxylic acids is 1. The van der Waals surface area contributed by atoms with Crippen LogP contribution in [0.4, 0.5) is 0 Å². The molecule has 1 aromatic heterocycles. The maximum atomic E-state index is 11.7. The van der Waals surface area contributed by atoms with Crippen molar-refractivity contribution >= 4 is 40.6 Å². The van der Waals surface area contributed by atoms with Crippen LogP contribution in [0, 0.1) is 0 Å². The van der Waals surface area contributed by atoms with Gasteiger partial charge in [-0.05, 0) is 25.7 Å². The van der Waals surface area contributed by atoms with Crippen LogP contribution < -0.4 is 5.32 Å². The lowest BCUT2D eigenvalue weighted by molar-refractivity contribution is -0.121. The Morgan fingerprint density at radius 3 is 2.89 bits per heavy atom. The SMILES string of the molecule is CSC(CO)C(C)NC(=O)CCc1cc(Cl)cs1. The molecule has 2 N–H and O–H groups in total. The summed E-state index contributed by atoms with van der Waals surface area (Å²) in [6, 6.07) is 1.87. The lowest BCUT2D eigenvalue weighted by Gasteiger charge is -2.21. The lowest BCUT2D eigenvalue weighted by atomic mass is 10.2. The smallest absolute Gasteiger partial charge is 0.220 e. The fourth-order valence-corrected chi connectivity index (χ4v) is 3.28. The minimum Gasteiger partial charge on any atom is -0.395 e. The average Bonchev–Trinajstić information content (AvgIpc) is 2.74. The zero-order valence-corrected chi connectivity index (χ0v) is 12.9. The molecule has 1 heterocycles. The number of rotatable bonds is 7. The van der Waals surface area contributed by atoms with Gasteiger partial charge in [0, 0.05) is 28.0 Å². The van der Waals surface area contributed by atoms with Gasteiger partial charge in [0.25, 0.3) is 0 Å². The number of hydrogen-bond donors (Lipinski definition) is 2. The van der Waals surface area contributed by atoms with Crippen molar-refractivity contribution in [3.05, 3.63) is 21.3 Å². The van der Waals surface area contributed by atoms with E-state index in [1.54, 1.807) is 23.1 Å². The van der Waals surface area contributed by atoms with Crippen molar-refractivity contribution in [2.45, 2.75) is 31.1 Å². The normalized spacial score (nSPS) is 14.2. The first-order valence-electron chi connectivity index (χ1n) is 5.72. The lowest BCUT2D eigenvalue weighted by Crippen LogP contribution is -2.41. The van der Waals surface area contributed by atoms with E-state index in [4.69, 9.17) is 16.7 Å². The van der Waals surface area contributed by atoms with Crippen LogP contribution in [0.2, 0.25) is 5.02 Å². The molecule has 6 heteroatoms. The first kappa shape index (κ1) is 15.8. The van der Waals surface area contributed by atoms with Gasteiger partial charge < -0.3 is 10.4 Å². The summed E-state index contributed by atoms with van der Waals surface area (Å²) in [7, 11) is 0. The predicted molar refractivity (Wildman–Crippen MR) is 79.6 cm³/mol. The highest BCUT2D eigenvalue weighted by Gasteiger charge is 2.17. The third-order valence-corrected chi connectivity index (χ3v) is 5.16. The van der Waals surface area contributed by atoms with Crippen molar-refractivity contribution in [3.8, 4) is 0 Å². The third-order valence-electron chi connectivity index (χ3n) is 2.65. The predicted octanol–water partition coefficient (Wildman–Crippen LogP) is 2.56. The van der Waals surface area contributed by atoms with Crippen LogP contribution in [-0.2, 0) is 11.2 Å². The van der Waals surface area contributed by atoms with Crippen molar-refractivity contribution in [2.24, 2.45) is 0 Å². The van der Waals surface area contributed by atoms with Crippen LogP contribution >= 0.6 is 34.7 Å². The number of carbonyl (C=O) groups is 1. The van der Waals surface area contributed by atoms with Crippen LogP contribution in [0.25, 0.3) is 0 Å². The second kappa shape index (κ2) is 8.04. The maximum absolute atomic E-state index is 11.7. The van der Waals surface area contributed by atoms with E-state index in [0.29, 0.717) is 12.8 Å². The Bertz CT molecular complexity index is 380. The van der Waals surface area contributed by atoms with E-state index in [9.17, 15) is 4.79 Å². The standard InChI is InChI=1S/C12H18ClNO2S2/c1-8(11(6-15)17-2)14-12(16)4-3-10-5-9(13)7-18-10/h5,7-8,11,15H,3-4,6H2,1-2H3,(H,14,16). The maximum Gasteiger partial charge on any atom is 0.220 e. The van der Waals surface area contributed by atoms with Crippen molar-refractivity contribution in [2.75, 3.05) is 12.9 Å². The van der Waals surface area contributed by atoms with E-state index in [1.807, 2.05) is 24.6 Å². The van der Waals surface area contributed by atoms with Crippen molar-refractivity contribution in [1.82, 2.24) is 5.32 Å². The highest BCUT2D eigenvalue weighted by atomic mass is 35.5. The van der Waals surface area contributed by atoms with Gasteiger partial charge >= 0.3 is 0 Å². The minimum absolute atomic E-state index is 0.0134. The average molecular weight is 308 g/mol. The molecule has 0 saturated carbocycles. The van der Waals surface area contributed by atoms with Crippen LogP contribution in [-0.4, -0.2) is 35.2 Å². The van der Waals surface area contributed by atoms with E-state index < -0.39 is 0 Å². The summed E-state index contributed by atoms with van der Waals surface area (Å²) in [6.07, 6.45) is 3.09. The topological polar surface area (TPSA) is 49.3 Å². The van der Waals surface area contributed by atoms with E-state index in [-0.39, 0.29) is 23.8 Å². The molecule has 1 aromatic rings. The van der Waals surface area contributed by atoms with Gasteiger partial charge in [-0.3, -0.25) is 4.79 Å². The summed E-state index contributed by atoms with van der Waals surface area (Å²) in [4.78, 5) is 12.9. The Balaban J connectivity index is 2.33. The Kier molecular flexibility index (Phi) is 7.07. The van der Waals surface area contributed by atoms with Crippen molar-refractivity contribution in [1.29, 1.82) is 0 Å². The molecule has 0 spiro atoms. The number of halogens is 1. The third kappa shape index (κ3) is 5.18. The van der Waals surface area contributed by atoms with E-state index >= 15 is 0 Å². The van der Waals surface area contributed by atoms with Gasteiger partial charge in [0.2, 0.25) is 5.91 Å². The molecule has 0 aliphatic carbocycles. The molecule has 0 aliphatic heterocycles. The fraction of sp³-hybridized carbons (Fsp3) is 0.583. The van der Waals surface area contributed by atoms with Crippen LogP contribution in [0.3, 0.4) is 0 Å². The summed E-state index contributed by atoms with van der Waals surface area (Å²) >= 11 is 8.95. The summed E-state index contributed by atoms with van der Waals surface area (Å²) in [5.41, 5.74) is 0. The summed E-state index contributed by atoms with van der Waals surface area (Å²) < 4.78 is 0. The number of thiophene rings is 1. The van der Waals surface area contributed by atoms with Crippen LogP contribution in [0.5, 0.6) is 0 Å². The Morgan fingerprint density at radius 1 is 1.67 bits per heavy atom. The zero-order valence-electron chi connectivity index (χ0n) is 10.5. The molecule has 1 amide bonds. The van der Waals surface area contributed by atoms with Crippen molar-refractivity contribution < 1.29 is 9.90 Å². The van der Waals surface area contributed by atoms with Gasteiger partial charge in [-0.25, -0.2) is 0 Å².